The highest BCUT2D eigenvalue weighted by atomic mass is 16.5. The maximum absolute atomic E-state index is 13.4. The quantitative estimate of drug-likeness (QED) is 0.429. The van der Waals surface area contributed by atoms with Gasteiger partial charge >= 0.3 is 0 Å². The summed E-state index contributed by atoms with van der Waals surface area (Å²) in [4.78, 5) is 68.1. The van der Waals surface area contributed by atoms with Gasteiger partial charge in [0.25, 0.3) is 11.8 Å². The lowest BCUT2D eigenvalue weighted by Gasteiger charge is -2.37. The molecule has 0 aliphatic carbocycles. The van der Waals surface area contributed by atoms with E-state index in [0.717, 1.165) is 16.2 Å². The molecule has 0 spiro atoms. The van der Waals surface area contributed by atoms with Gasteiger partial charge in [0.15, 0.2) is 0 Å². The SMILES string of the molecule is Cc1cccc(OCCCC(=O)N2CCN(c3cccc4c3C(=O)N(C3CCC(=O)NC3=O)C4=O)CC2)c1C. The molecule has 39 heavy (non-hydrogen) atoms. The Kier molecular flexibility index (Phi) is 7.36. The third-order valence-corrected chi connectivity index (χ3v) is 7.77. The van der Waals surface area contributed by atoms with Crippen LogP contribution in [-0.2, 0) is 14.4 Å². The third kappa shape index (κ3) is 5.10. The van der Waals surface area contributed by atoms with E-state index in [1.54, 1.807) is 18.2 Å². The number of amides is 5. The number of anilines is 1. The molecule has 2 saturated heterocycles. The van der Waals surface area contributed by atoms with E-state index in [1.807, 2.05) is 41.8 Å². The number of carbonyl (C=O) groups excluding carboxylic acids is 5. The van der Waals surface area contributed by atoms with Crippen LogP contribution < -0.4 is 15.0 Å². The van der Waals surface area contributed by atoms with E-state index in [2.05, 4.69) is 5.32 Å². The fourth-order valence-corrected chi connectivity index (χ4v) is 5.40. The van der Waals surface area contributed by atoms with Gasteiger partial charge in [-0.15, -0.1) is 0 Å². The van der Waals surface area contributed by atoms with Gasteiger partial charge in [-0.3, -0.25) is 34.2 Å². The second-order valence-electron chi connectivity index (χ2n) is 10.2. The largest absolute Gasteiger partial charge is 0.493 e. The van der Waals surface area contributed by atoms with Crippen LogP contribution >= 0.6 is 0 Å². The maximum Gasteiger partial charge on any atom is 0.264 e. The van der Waals surface area contributed by atoms with Crippen LogP contribution in [0, 0.1) is 13.8 Å². The number of hydrogen-bond acceptors (Lipinski definition) is 7. The summed E-state index contributed by atoms with van der Waals surface area (Å²) in [5.41, 5.74) is 3.42. The Bertz CT molecular complexity index is 1350. The van der Waals surface area contributed by atoms with Crippen LogP contribution in [0.1, 0.15) is 57.5 Å². The van der Waals surface area contributed by atoms with Gasteiger partial charge in [0, 0.05) is 39.0 Å². The van der Waals surface area contributed by atoms with Crippen molar-refractivity contribution >= 4 is 35.2 Å². The predicted octanol–water partition coefficient (Wildman–Crippen LogP) is 2.21. The van der Waals surface area contributed by atoms with Crippen LogP contribution in [0.25, 0.3) is 0 Å². The van der Waals surface area contributed by atoms with Crippen molar-refractivity contribution < 1.29 is 28.7 Å². The molecule has 204 valence electrons. The monoisotopic (exact) mass is 532 g/mol. The van der Waals surface area contributed by atoms with E-state index < -0.39 is 29.7 Å². The first-order valence-corrected chi connectivity index (χ1v) is 13.3. The molecule has 0 aromatic heterocycles. The number of fused-ring (bicyclic) bond motifs is 1. The van der Waals surface area contributed by atoms with Gasteiger partial charge in [-0.1, -0.05) is 18.2 Å². The van der Waals surface area contributed by atoms with E-state index in [-0.39, 0.29) is 29.9 Å². The molecule has 1 unspecified atom stereocenters. The Morgan fingerprint density at radius 1 is 0.974 bits per heavy atom. The highest BCUT2D eigenvalue weighted by Crippen LogP contribution is 2.34. The molecule has 2 aromatic rings. The van der Waals surface area contributed by atoms with Crippen molar-refractivity contribution in [3.05, 3.63) is 58.7 Å². The number of nitrogens with one attached hydrogen (secondary N) is 1. The number of imide groups is 2. The lowest BCUT2D eigenvalue weighted by molar-refractivity contribution is -0.136. The van der Waals surface area contributed by atoms with Crippen molar-refractivity contribution in [1.29, 1.82) is 0 Å². The molecule has 3 aliphatic heterocycles. The Hall–Kier alpha value is -4.21. The zero-order valence-electron chi connectivity index (χ0n) is 22.2. The zero-order chi connectivity index (χ0) is 27.7. The summed E-state index contributed by atoms with van der Waals surface area (Å²) in [6, 6.07) is 10.0. The average molecular weight is 533 g/mol. The van der Waals surface area contributed by atoms with Crippen LogP contribution in [-0.4, -0.2) is 78.2 Å². The summed E-state index contributed by atoms with van der Waals surface area (Å²) in [7, 11) is 0. The van der Waals surface area contributed by atoms with E-state index in [9.17, 15) is 24.0 Å². The van der Waals surface area contributed by atoms with Crippen LogP contribution in [0.5, 0.6) is 5.75 Å². The molecular weight excluding hydrogens is 500 g/mol. The lowest BCUT2D eigenvalue weighted by Crippen LogP contribution is -2.54. The van der Waals surface area contributed by atoms with Gasteiger partial charge in [0.2, 0.25) is 17.7 Å². The topological polar surface area (TPSA) is 116 Å². The molecule has 10 heteroatoms. The number of ether oxygens (including phenoxy) is 1. The van der Waals surface area contributed by atoms with Crippen molar-refractivity contribution in [2.45, 2.75) is 45.6 Å². The average Bonchev–Trinajstić information content (AvgIpc) is 3.18. The zero-order valence-corrected chi connectivity index (χ0v) is 22.2. The standard InChI is InChI=1S/C29H32N4O6/c1-18-6-3-9-23(19(18)2)39-17-5-10-25(35)32-15-13-31(14-16-32)21-8-4-7-20-26(21)29(38)33(28(20)37)22-11-12-24(34)30-27(22)36/h3-4,6-9,22H,5,10-17H2,1-2H3,(H,30,34,36). The number of piperidine rings is 1. The molecule has 0 saturated carbocycles. The minimum absolute atomic E-state index is 0.0628. The van der Waals surface area contributed by atoms with Gasteiger partial charge in [-0.25, -0.2) is 0 Å². The van der Waals surface area contributed by atoms with Crippen molar-refractivity contribution in [1.82, 2.24) is 15.1 Å². The van der Waals surface area contributed by atoms with Crippen LogP contribution in [0.4, 0.5) is 5.69 Å². The van der Waals surface area contributed by atoms with Crippen molar-refractivity contribution in [2.75, 3.05) is 37.7 Å². The minimum Gasteiger partial charge on any atom is -0.493 e. The number of piperazine rings is 1. The molecule has 0 radical (unpaired) electrons. The second kappa shape index (κ2) is 10.9. The summed E-state index contributed by atoms with van der Waals surface area (Å²) in [6.07, 6.45) is 1.19. The number of benzene rings is 2. The van der Waals surface area contributed by atoms with Crippen molar-refractivity contribution in [2.24, 2.45) is 0 Å². The van der Waals surface area contributed by atoms with Gasteiger partial charge in [-0.05, 0) is 56.0 Å². The van der Waals surface area contributed by atoms with E-state index in [4.69, 9.17) is 4.74 Å². The summed E-state index contributed by atoms with van der Waals surface area (Å²) in [5, 5.41) is 2.22. The Morgan fingerprint density at radius 2 is 1.72 bits per heavy atom. The highest BCUT2D eigenvalue weighted by molar-refractivity contribution is 6.25. The molecule has 1 N–H and O–H groups in total. The summed E-state index contributed by atoms with van der Waals surface area (Å²) < 4.78 is 5.87. The Balaban J connectivity index is 1.17. The van der Waals surface area contributed by atoms with Crippen molar-refractivity contribution in [3.63, 3.8) is 0 Å². The number of nitrogens with zero attached hydrogens (tertiary/aromatic N) is 3. The molecule has 5 amide bonds. The number of rotatable bonds is 7. The molecule has 3 heterocycles. The lowest BCUT2D eigenvalue weighted by atomic mass is 10.0. The number of carbonyl (C=O) groups is 5. The summed E-state index contributed by atoms with van der Waals surface area (Å²) in [5.74, 6) is -1.18. The third-order valence-electron chi connectivity index (χ3n) is 7.77. The Morgan fingerprint density at radius 3 is 2.46 bits per heavy atom. The molecule has 2 fully saturated rings. The first-order chi connectivity index (χ1) is 18.8. The maximum atomic E-state index is 13.4. The minimum atomic E-state index is -1.00. The fourth-order valence-electron chi connectivity index (χ4n) is 5.40. The Labute approximate surface area is 226 Å². The van der Waals surface area contributed by atoms with Crippen molar-refractivity contribution in [3.8, 4) is 5.75 Å². The first kappa shape index (κ1) is 26.4. The summed E-state index contributed by atoms with van der Waals surface area (Å²) in [6.45, 7) is 6.55. The molecule has 5 rings (SSSR count). The first-order valence-electron chi connectivity index (χ1n) is 13.3. The highest BCUT2D eigenvalue weighted by Gasteiger charge is 2.46. The summed E-state index contributed by atoms with van der Waals surface area (Å²) >= 11 is 0. The normalized spacial score (nSPS) is 19.3. The van der Waals surface area contributed by atoms with Crippen LogP contribution in [0.15, 0.2) is 36.4 Å². The molecule has 3 aliphatic rings. The second-order valence-corrected chi connectivity index (χ2v) is 10.2. The number of aryl methyl sites for hydroxylation is 1. The van der Waals surface area contributed by atoms with Crippen LogP contribution in [0.2, 0.25) is 0 Å². The van der Waals surface area contributed by atoms with E-state index in [1.165, 1.54) is 5.56 Å². The molecule has 2 aromatic carbocycles. The van der Waals surface area contributed by atoms with Gasteiger partial charge in [0.05, 0.1) is 23.4 Å². The fraction of sp³-hybridized carbons (Fsp3) is 0.414. The predicted molar refractivity (Wildman–Crippen MR) is 143 cm³/mol. The smallest absolute Gasteiger partial charge is 0.264 e. The van der Waals surface area contributed by atoms with Gasteiger partial charge in [-0.2, -0.15) is 0 Å². The molecule has 1 atom stereocenters. The van der Waals surface area contributed by atoms with Crippen LogP contribution in [0.3, 0.4) is 0 Å². The molecule has 10 nitrogen and oxygen atoms in total. The molecular formula is C29H32N4O6. The van der Waals surface area contributed by atoms with Gasteiger partial charge < -0.3 is 14.5 Å². The van der Waals surface area contributed by atoms with E-state index >= 15 is 0 Å². The van der Waals surface area contributed by atoms with E-state index in [0.29, 0.717) is 51.3 Å². The van der Waals surface area contributed by atoms with Gasteiger partial charge in [0.1, 0.15) is 11.8 Å². The molecule has 0 bridgehead atoms. The number of hydrogen-bond donors (Lipinski definition) is 1.